The Bertz CT molecular complexity index is 1480. The molecule has 43 heavy (non-hydrogen) atoms. The Morgan fingerprint density at radius 3 is 2.19 bits per heavy atom. The molecule has 9 nitrogen and oxygen atoms in total. The molecule has 1 aromatic carbocycles. The van der Waals surface area contributed by atoms with Gasteiger partial charge >= 0.3 is 6.09 Å². The lowest BCUT2D eigenvalue weighted by atomic mass is 9.35. The second-order valence-corrected chi connectivity index (χ2v) is 14.8. The number of benzene rings is 1. The molecule has 0 heterocycles. The number of carbonyl (C=O) groups excluding carboxylic acids is 5. The zero-order valence-corrected chi connectivity index (χ0v) is 27.1. The van der Waals surface area contributed by atoms with Gasteiger partial charge in [-0.15, -0.1) is 0 Å². The largest absolute Gasteiger partial charge is 0.505 e. The van der Waals surface area contributed by atoms with Crippen molar-refractivity contribution in [2.45, 2.75) is 87.7 Å². The molecule has 0 aromatic heterocycles. The third-order valence-corrected chi connectivity index (χ3v) is 10.9. The molecule has 1 saturated carbocycles. The number of phenolic OH excluding ortho intramolecular Hbond substituents is 1. The van der Waals surface area contributed by atoms with Gasteiger partial charge in [-0.05, 0) is 60.0 Å². The molecule has 234 valence electrons. The van der Waals surface area contributed by atoms with Gasteiger partial charge in [0.15, 0.2) is 23.0 Å². The monoisotopic (exact) mass is 595 g/mol. The van der Waals surface area contributed by atoms with Crippen molar-refractivity contribution in [3.63, 3.8) is 0 Å². The number of ether oxygens (including phenoxy) is 1. The number of aromatic hydroxyl groups is 1. The predicted octanol–water partition coefficient (Wildman–Crippen LogP) is 5.63. The van der Waals surface area contributed by atoms with Crippen molar-refractivity contribution in [3.8, 4) is 5.75 Å². The van der Waals surface area contributed by atoms with Crippen LogP contribution in [-0.4, -0.2) is 51.6 Å². The quantitative estimate of drug-likeness (QED) is 0.231. The number of rotatable bonds is 4. The van der Waals surface area contributed by atoms with E-state index >= 15 is 0 Å². The maximum absolute atomic E-state index is 14.6. The summed E-state index contributed by atoms with van der Waals surface area (Å²) in [6, 6.07) is 3.16. The number of ketones is 4. The average Bonchev–Trinajstić information content (AvgIpc) is 2.88. The fourth-order valence-electron chi connectivity index (χ4n) is 8.67. The fourth-order valence-corrected chi connectivity index (χ4v) is 8.67. The van der Waals surface area contributed by atoms with Crippen LogP contribution < -0.4 is 5.32 Å². The zero-order valence-electron chi connectivity index (χ0n) is 27.1. The number of fused-ring (bicyclic) bond motifs is 3. The van der Waals surface area contributed by atoms with E-state index in [0.717, 1.165) is 0 Å². The second kappa shape index (κ2) is 10.1. The van der Waals surface area contributed by atoms with Crippen LogP contribution in [0.2, 0.25) is 0 Å². The van der Waals surface area contributed by atoms with Gasteiger partial charge < -0.3 is 14.9 Å². The van der Waals surface area contributed by atoms with Crippen LogP contribution in [0.5, 0.6) is 5.75 Å². The van der Waals surface area contributed by atoms with E-state index in [-0.39, 0.29) is 34.8 Å². The SMILES string of the molecule is CC(=O)C1=C(C)[C@@H](C(C)C)[C@]2(C)[C@@H](C)[C@@]3(C)C(C(=O)c4c(ccc(NC(=O)OCC(C)(C)C)c4O)[C@@H]3C)C(=O)[C@]2(O)C1=O. The smallest absolute Gasteiger partial charge is 0.411 e. The van der Waals surface area contributed by atoms with Gasteiger partial charge in [-0.2, -0.15) is 0 Å². The number of hydrogen-bond donors (Lipinski definition) is 3. The van der Waals surface area contributed by atoms with Crippen LogP contribution in [0.15, 0.2) is 23.3 Å². The van der Waals surface area contributed by atoms with E-state index in [1.165, 1.54) is 13.0 Å². The highest BCUT2D eigenvalue weighted by molar-refractivity contribution is 6.33. The average molecular weight is 596 g/mol. The van der Waals surface area contributed by atoms with Crippen molar-refractivity contribution < 1.29 is 38.9 Å². The Hall–Kier alpha value is -3.33. The van der Waals surface area contributed by atoms with Gasteiger partial charge in [-0.1, -0.05) is 74.0 Å². The summed E-state index contributed by atoms with van der Waals surface area (Å²) in [7, 11) is 0. The molecule has 0 bridgehead atoms. The maximum atomic E-state index is 14.6. The molecule has 1 aromatic rings. The number of phenols is 1. The summed E-state index contributed by atoms with van der Waals surface area (Å²) in [5.74, 6) is -6.90. The van der Waals surface area contributed by atoms with Crippen molar-refractivity contribution in [1.29, 1.82) is 0 Å². The molecule has 3 N–H and O–H groups in total. The van der Waals surface area contributed by atoms with E-state index in [0.29, 0.717) is 11.1 Å². The number of amides is 1. The van der Waals surface area contributed by atoms with Gasteiger partial charge in [0.25, 0.3) is 0 Å². The maximum Gasteiger partial charge on any atom is 0.411 e. The van der Waals surface area contributed by atoms with Crippen LogP contribution in [0.4, 0.5) is 10.5 Å². The van der Waals surface area contributed by atoms with Crippen LogP contribution in [0.25, 0.3) is 0 Å². The molecule has 1 unspecified atom stereocenters. The van der Waals surface area contributed by atoms with Gasteiger partial charge in [-0.3, -0.25) is 24.5 Å². The normalized spacial score (nSPS) is 34.0. The Kier molecular flexibility index (Phi) is 7.66. The van der Waals surface area contributed by atoms with Crippen molar-refractivity contribution in [3.05, 3.63) is 34.4 Å². The highest BCUT2D eigenvalue weighted by atomic mass is 16.5. The topological polar surface area (TPSA) is 147 Å². The molecule has 0 saturated heterocycles. The molecule has 7 atom stereocenters. The van der Waals surface area contributed by atoms with E-state index in [4.69, 9.17) is 4.74 Å². The second-order valence-electron chi connectivity index (χ2n) is 14.8. The summed E-state index contributed by atoms with van der Waals surface area (Å²) >= 11 is 0. The number of carbonyl (C=O) groups is 5. The first-order valence-electron chi connectivity index (χ1n) is 15.0. The van der Waals surface area contributed by atoms with E-state index < -0.39 is 75.1 Å². The molecular weight excluding hydrogens is 550 g/mol. The first kappa shape index (κ1) is 32.6. The molecule has 3 aliphatic rings. The molecule has 0 radical (unpaired) electrons. The third kappa shape index (κ3) is 4.25. The fraction of sp³-hybridized carbons (Fsp3) is 0.618. The van der Waals surface area contributed by atoms with Crippen molar-refractivity contribution >= 4 is 34.9 Å². The zero-order chi connectivity index (χ0) is 32.8. The summed E-state index contributed by atoms with van der Waals surface area (Å²) in [5, 5.41) is 26.2. The first-order valence-corrected chi connectivity index (χ1v) is 15.0. The van der Waals surface area contributed by atoms with Crippen LogP contribution >= 0.6 is 0 Å². The molecule has 9 heteroatoms. The van der Waals surface area contributed by atoms with Gasteiger partial charge in [-0.25, -0.2) is 4.79 Å². The summed E-state index contributed by atoms with van der Waals surface area (Å²) in [6.07, 6.45) is -0.815. The minimum Gasteiger partial charge on any atom is -0.505 e. The van der Waals surface area contributed by atoms with Gasteiger partial charge in [0.2, 0.25) is 5.78 Å². The van der Waals surface area contributed by atoms with Crippen LogP contribution in [0.3, 0.4) is 0 Å². The van der Waals surface area contributed by atoms with Crippen LogP contribution in [0.1, 0.15) is 98.0 Å². The summed E-state index contributed by atoms with van der Waals surface area (Å²) < 4.78 is 5.25. The first-order chi connectivity index (χ1) is 19.6. The highest BCUT2D eigenvalue weighted by Gasteiger charge is 2.77. The van der Waals surface area contributed by atoms with E-state index in [9.17, 15) is 34.2 Å². The Balaban J connectivity index is 1.91. The molecule has 1 amide bonds. The molecule has 4 rings (SSSR count). The van der Waals surface area contributed by atoms with E-state index in [2.05, 4.69) is 5.32 Å². The van der Waals surface area contributed by atoms with Crippen molar-refractivity contribution in [2.75, 3.05) is 11.9 Å². The number of aliphatic hydroxyl groups is 1. The van der Waals surface area contributed by atoms with Crippen LogP contribution in [0, 0.1) is 39.9 Å². The number of allylic oxidation sites excluding steroid dienone is 1. The Morgan fingerprint density at radius 1 is 1.09 bits per heavy atom. The lowest BCUT2D eigenvalue weighted by Crippen LogP contribution is -2.77. The van der Waals surface area contributed by atoms with Gasteiger partial charge in [0.05, 0.1) is 29.3 Å². The number of anilines is 1. The van der Waals surface area contributed by atoms with Gasteiger partial charge in [0, 0.05) is 5.41 Å². The minimum absolute atomic E-state index is 0.0623. The summed E-state index contributed by atoms with van der Waals surface area (Å²) in [4.78, 5) is 68.3. The number of nitrogens with one attached hydrogen (secondary N) is 1. The number of Topliss-reactive ketones (excluding diaryl/α,β-unsaturated/α-hetero) is 4. The lowest BCUT2D eigenvalue weighted by Gasteiger charge is -2.66. The molecular formula is C34H45NO8. The Morgan fingerprint density at radius 2 is 1.67 bits per heavy atom. The lowest BCUT2D eigenvalue weighted by molar-refractivity contribution is -0.211. The van der Waals surface area contributed by atoms with Crippen molar-refractivity contribution in [2.24, 2.45) is 39.9 Å². The number of hydrogen-bond acceptors (Lipinski definition) is 8. The molecule has 0 aliphatic heterocycles. The van der Waals surface area contributed by atoms with E-state index in [1.807, 2.05) is 55.4 Å². The highest BCUT2D eigenvalue weighted by Crippen LogP contribution is 2.69. The Labute approximate surface area is 253 Å². The third-order valence-electron chi connectivity index (χ3n) is 10.9. The molecule has 3 aliphatic carbocycles. The van der Waals surface area contributed by atoms with E-state index in [1.54, 1.807) is 19.9 Å². The predicted molar refractivity (Wildman–Crippen MR) is 161 cm³/mol. The molecule has 1 fully saturated rings. The molecule has 0 spiro atoms. The standard InChI is InChI=1S/C34H45NO8/c1-15(2)24-16(3)22(18(5)36)28(39)34(42)29(40)25-27(38)23-20(17(4)32(25,10)19(6)33(24,34)11)12-13-21(26(23)37)35-30(41)43-14-31(7,8)9/h12-13,15,17,19,24-25,37,42H,14H2,1-11H3,(H,35,41)/t17-,19-,24+,25?,32-,33-,34+/m0/s1. The van der Waals surface area contributed by atoms with Crippen LogP contribution in [-0.2, 0) is 19.1 Å². The summed E-state index contributed by atoms with van der Waals surface area (Å²) in [6.45, 7) is 19.9. The minimum atomic E-state index is -2.64. The van der Waals surface area contributed by atoms with Crippen molar-refractivity contribution in [1.82, 2.24) is 0 Å². The summed E-state index contributed by atoms with van der Waals surface area (Å²) in [5.41, 5.74) is -4.67. The van der Waals surface area contributed by atoms with Gasteiger partial charge in [0.1, 0.15) is 5.75 Å².